The summed E-state index contributed by atoms with van der Waals surface area (Å²) in [5.74, 6) is 2.19. The van der Waals surface area contributed by atoms with E-state index in [0.717, 1.165) is 31.1 Å². The standard InChI is InChI=1S/C30H48O3/c1-19(8-7-9-20(2)25(32)33)21-12-14-28(6)23-11-10-22-26(3,4)24(31)13-15-29(22)18-30(23,29)17-16-27(21,28)5/h9,19,21-24,31H,7-8,10-18H2,1-6H3,(H,32,33)/b20-9+/t19-,21?,22+,23+,24+,27-,28+,29-,30?/m1/s1. The van der Waals surface area contributed by atoms with Crippen LogP contribution in [0.3, 0.4) is 0 Å². The number of rotatable bonds is 5. The first kappa shape index (κ1) is 23.9. The van der Waals surface area contributed by atoms with E-state index in [1.165, 1.54) is 51.4 Å². The van der Waals surface area contributed by atoms with Crippen molar-refractivity contribution in [2.75, 3.05) is 0 Å². The number of carbonyl (C=O) groups is 1. The number of fused-ring (bicyclic) bond motifs is 2. The average molecular weight is 457 g/mol. The highest BCUT2D eigenvalue weighted by Gasteiger charge is 2.82. The van der Waals surface area contributed by atoms with Gasteiger partial charge in [0.05, 0.1) is 6.10 Å². The van der Waals surface area contributed by atoms with E-state index in [1.807, 2.05) is 6.08 Å². The summed E-state index contributed by atoms with van der Waals surface area (Å²) in [6.45, 7) is 14.2. The van der Waals surface area contributed by atoms with Crippen LogP contribution in [0.5, 0.6) is 0 Å². The Kier molecular flexibility index (Phi) is 5.31. The first-order valence-corrected chi connectivity index (χ1v) is 13.9. The first-order valence-electron chi connectivity index (χ1n) is 13.9. The Balaban J connectivity index is 1.37. The number of hydrogen-bond donors (Lipinski definition) is 2. The maximum Gasteiger partial charge on any atom is 0.330 e. The van der Waals surface area contributed by atoms with Gasteiger partial charge in [0.1, 0.15) is 0 Å². The topological polar surface area (TPSA) is 57.5 Å². The molecule has 33 heavy (non-hydrogen) atoms. The molecule has 0 bridgehead atoms. The zero-order chi connectivity index (χ0) is 24.0. The van der Waals surface area contributed by atoms with Crippen LogP contribution in [-0.4, -0.2) is 22.3 Å². The molecule has 186 valence electrons. The second-order valence-electron chi connectivity index (χ2n) is 14.3. The summed E-state index contributed by atoms with van der Waals surface area (Å²) in [7, 11) is 0. The molecule has 2 unspecified atom stereocenters. The van der Waals surface area contributed by atoms with Crippen molar-refractivity contribution in [2.45, 2.75) is 118 Å². The Morgan fingerprint density at radius 1 is 0.939 bits per heavy atom. The third kappa shape index (κ3) is 2.93. The van der Waals surface area contributed by atoms with Crippen LogP contribution in [0.2, 0.25) is 0 Å². The summed E-state index contributed by atoms with van der Waals surface area (Å²) in [4.78, 5) is 11.2. The predicted molar refractivity (Wildman–Crippen MR) is 133 cm³/mol. The minimum atomic E-state index is -0.784. The van der Waals surface area contributed by atoms with E-state index in [2.05, 4.69) is 34.6 Å². The van der Waals surface area contributed by atoms with Crippen molar-refractivity contribution in [1.29, 1.82) is 0 Å². The van der Waals surface area contributed by atoms with Gasteiger partial charge in [-0.3, -0.25) is 0 Å². The minimum Gasteiger partial charge on any atom is -0.478 e. The van der Waals surface area contributed by atoms with Gasteiger partial charge in [0.2, 0.25) is 0 Å². The lowest BCUT2D eigenvalue weighted by molar-refractivity contribution is -0.161. The van der Waals surface area contributed by atoms with Crippen LogP contribution >= 0.6 is 0 Å². The molecule has 3 nitrogen and oxygen atoms in total. The summed E-state index contributed by atoms with van der Waals surface area (Å²) in [5, 5.41) is 20.0. The summed E-state index contributed by atoms with van der Waals surface area (Å²) in [6.07, 6.45) is 15.7. The summed E-state index contributed by atoms with van der Waals surface area (Å²) in [5.41, 5.74) is 2.48. The van der Waals surface area contributed by atoms with Gasteiger partial charge >= 0.3 is 5.97 Å². The predicted octanol–water partition coefficient (Wildman–Crippen LogP) is 7.23. The molecule has 5 fully saturated rings. The molecule has 0 aromatic rings. The van der Waals surface area contributed by atoms with Gasteiger partial charge in [-0.1, -0.05) is 40.7 Å². The largest absolute Gasteiger partial charge is 0.478 e. The van der Waals surface area contributed by atoms with E-state index in [0.29, 0.717) is 39.1 Å². The van der Waals surface area contributed by atoms with E-state index in [4.69, 9.17) is 0 Å². The minimum absolute atomic E-state index is 0.0721. The third-order valence-electron chi connectivity index (χ3n) is 13.3. The maximum absolute atomic E-state index is 11.2. The molecule has 5 saturated carbocycles. The second kappa shape index (κ2) is 7.34. The maximum atomic E-state index is 11.2. The number of aliphatic hydroxyl groups is 1. The van der Waals surface area contributed by atoms with E-state index in [-0.39, 0.29) is 11.5 Å². The fourth-order valence-corrected chi connectivity index (χ4v) is 11.2. The number of aliphatic carboxylic acids is 1. The fraction of sp³-hybridized carbons (Fsp3) is 0.900. The lowest BCUT2D eigenvalue weighted by Gasteiger charge is -2.63. The van der Waals surface area contributed by atoms with Crippen molar-refractivity contribution in [2.24, 2.45) is 50.7 Å². The van der Waals surface area contributed by atoms with E-state index < -0.39 is 5.97 Å². The van der Waals surface area contributed by atoms with Crippen LogP contribution in [0.15, 0.2) is 11.6 Å². The highest BCUT2D eigenvalue weighted by atomic mass is 16.4. The van der Waals surface area contributed by atoms with Crippen LogP contribution < -0.4 is 0 Å². The Morgan fingerprint density at radius 2 is 1.61 bits per heavy atom. The molecular weight excluding hydrogens is 408 g/mol. The molecular formula is C30H48O3. The van der Waals surface area contributed by atoms with Crippen molar-refractivity contribution in [3.63, 3.8) is 0 Å². The molecule has 0 amide bonds. The number of carboxylic acids is 1. The average Bonchev–Trinajstić information content (AvgIpc) is 3.33. The number of allylic oxidation sites excluding steroid dienone is 1. The number of hydrogen-bond acceptors (Lipinski definition) is 2. The lowest BCUT2D eigenvalue weighted by Crippen LogP contribution is -2.57. The van der Waals surface area contributed by atoms with Crippen LogP contribution in [0.1, 0.15) is 112 Å². The zero-order valence-corrected chi connectivity index (χ0v) is 22.0. The highest BCUT2D eigenvalue weighted by molar-refractivity contribution is 5.85. The van der Waals surface area contributed by atoms with Gasteiger partial charge in [0.15, 0.2) is 0 Å². The van der Waals surface area contributed by atoms with Crippen LogP contribution in [0, 0.1) is 50.7 Å². The summed E-state index contributed by atoms with van der Waals surface area (Å²) in [6, 6.07) is 0. The molecule has 0 aromatic heterocycles. The van der Waals surface area contributed by atoms with Gasteiger partial charge in [-0.25, -0.2) is 4.79 Å². The summed E-state index contributed by atoms with van der Waals surface area (Å²) < 4.78 is 0. The molecule has 0 saturated heterocycles. The van der Waals surface area contributed by atoms with Gasteiger partial charge < -0.3 is 10.2 Å². The van der Waals surface area contributed by atoms with Crippen molar-refractivity contribution >= 4 is 5.97 Å². The van der Waals surface area contributed by atoms with Crippen LogP contribution in [-0.2, 0) is 4.79 Å². The smallest absolute Gasteiger partial charge is 0.330 e. The molecule has 5 rings (SSSR count). The Bertz CT molecular complexity index is 859. The molecule has 5 aliphatic rings. The fourth-order valence-electron chi connectivity index (χ4n) is 11.2. The second-order valence-corrected chi connectivity index (χ2v) is 14.3. The van der Waals surface area contributed by atoms with E-state index >= 15 is 0 Å². The van der Waals surface area contributed by atoms with Gasteiger partial charge in [0, 0.05) is 5.57 Å². The van der Waals surface area contributed by atoms with Gasteiger partial charge in [-0.2, -0.15) is 0 Å². The molecule has 0 heterocycles. The van der Waals surface area contributed by atoms with Crippen molar-refractivity contribution in [1.82, 2.24) is 0 Å². The Hall–Kier alpha value is -0.830. The van der Waals surface area contributed by atoms with Gasteiger partial charge in [-0.15, -0.1) is 0 Å². The van der Waals surface area contributed by atoms with E-state index in [1.54, 1.807) is 6.92 Å². The number of carboxylic acid groups (broad SMARTS) is 1. The molecule has 2 N–H and O–H groups in total. The van der Waals surface area contributed by atoms with Crippen LogP contribution in [0.25, 0.3) is 0 Å². The molecule has 0 radical (unpaired) electrons. The molecule has 9 atom stereocenters. The molecule has 2 spiro atoms. The van der Waals surface area contributed by atoms with Crippen molar-refractivity contribution < 1.29 is 15.0 Å². The normalized spacial score (nSPS) is 51.1. The molecule has 0 aromatic carbocycles. The Labute approximate surface area is 201 Å². The molecule has 3 heteroatoms. The first-order chi connectivity index (χ1) is 15.4. The SMILES string of the molecule is C/C(=C\CC[C@@H](C)C1CC[C@@]2(C)[C@@H]3CC[C@H]4C(C)(C)[C@@H](O)CC[C@@]45CC35CC[C@]12C)C(=O)O. The quantitative estimate of drug-likeness (QED) is 0.429. The zero-order valence-electron chi connectivity index (χ0n) is 22.0. The lowest BCUT2D eigenvalue weighted by atomic mass is 9.41. The number of aliphatic hydroxyl groups excluding tert-OH is 1. The summed E-state index contributed by atoms with van der Waals surface area (Å²) >= 11 is 0. The van der Waals surface area contributed by atoms with E-state index in [9.17, 15) is 15.0 Å². The molecule has 5 aliphatic carbocycles. The van der Waals surface area contributed by atoms with Crippen molar-refractivity contribution in [3.05, 3.63) is 11.6 Å². The Morgan fingerprint density at radius 3 is 2.30 bits per heavy atom. The van der Waals surface area contributed by atoms with Gasteiger partial charge in [0.25, 0.3) is 0 Å². The monoisotopic (exact) mass is 456 g/mol. The van der Waals surface area contributed by atoms with Gasteiger partial charge in [-0.05, 0) is 128 Å². The van der Waals surface area contributed by atoms with Crippen LogP contribution in [0.4, 0.5) is 0 Å². The highest BCUT2D eigenvalue weighted by Crippen LogP contribution is 2.89. The third-order valence-corrected chi connectivity index (χ3v) is 13.3. The molecule has 0 aliphatic heterocycles. The van der Waals surface area contributed by atoms with Crippen molar-refractivity contribution in [3.8, 4) is 0 Å².